The van der Waals surface area contributed by atoms with Crippen LogP contribution in [0, 0.1) is 0 Å². The second-order valence-electron chi connectivity index (χ2n) is 4.77. The lowest BCUT2D eigenvalue weighted by atomic mass is 10.2. The second-order valence-corrected chi connectivity index (χ2v) is 6.29. The number of thiophene rings is 1. The third kappa shape index (κ3) is 2.28. The van der Waals surface area contributed by atoms with Gasteiger partial charge in [-0.2, -0.15) is 0 Å². The van der Waals surface area contributed by atoms with E-state index in [1.165, 1.54) is 31.4 Å². The van der Waals surface area contributed by atoms with Gasteiger partial charge in [0.05, 0.1) is 4.34 Å². The fourth-order valence-electron chi connectivity index (χ4n) is 2.51. The van der Waals surface area contributed by atoms with E-state index in [1.807, 2.05) is 0 Å². The number of hydrogen-bond acceptors (Lipinski definition) is 3. The average Bonchev–Trinajstić information content (AvgIpc) is 2.82. The fourth-order valence-corrected chi connectivity index (χ4v) is 3.43. The van der Waals surface area contributed by atoms with E-state index in [1.54, 1.807) is 11.3 Å². The maximum absolute atomic E-state index is 6.19. The predicted octanol–water partition coefficient (Wildman–Crippen LogP) is 2.73. The lowest BCUT2D eigenvalue weighted by Gasteiger charge is -2.28. The molecule has 4 heteroatoms. The van der Waals surface area contributed by atoms with Crippen molar-refractivity contribution in [2.45, 2.75) is 37.9 Å². The van der Waals surface area contributed by atoms with Gasteiger partial charge in [0.2, 0.25) is 0 Å². The van der Waals surface area contributed by atoms with Crippen molar-refractivity contribution in [3.8, 4) is 0 Å². The molecule has 1 saturated heterocycles. The molecule has 0 bridgehead atoms. The van der Waals surface area contributed by atoms with Crippen LogP contribution in [0.25, 0.3) is 0 Å². The van der Waals surface area contributed by atoms with Gasteiger partial charge in [-0.15, -0.1) is 11.3 Å². The lowest BCUT2D eigenvalue weighted by molar-refractivity contribution is 0.189. The normalized spacial score (nSPS) is 25.5. The Morgan fingerprint density at radius 1 is 1.38 bits per heavy atom. The van der Waals surface area contributed by atoms with E-state index in [0.717, 1.165) is 29.5 Å². The third-order valence-electron chi connectivity index (χ3n) is 3.57. The molecule has 0 spiro atoms. The van der Waals surface area contributed by atoms with E-state index in [0.29, 0.717) is 0 Å². The standard InChI is InChI=1S/C12H17ClN2S/c13-12-9(4-6-16-12)8-15(10-1-2-10)11-3-5-14-7-11/h4,6,10-11,14H,1-3,5,7-8H2. The van der Waals surface area contributed by atoms with Crippen LogP contribution < -0.4 is 5.32 Å². The van der Waals surface area contributed by atoms with Gasteiger partial charge >= 0.3 is 0 Å². The van der Waals surface area contributed by atoms with Crippen LogP contribution in [0.4, 0.5) is 0 Å². The molecule has 1 unspecified atom stereocenters. The highest BCUT2D eigenvalue weighted by Gasteiger charge is 2.35. The Morgan fingerprint density at radius 2 is 2.25 bits per heavy atom. The average molecular weight is 257 g/mol. The second kappa shape index (κ2) is 4.65. The van der Waals surface area contributed by atoms with Gasteiger partial charge in [-0.25, -0.2) is 0 Å². The summed E-state index contributed by atoms with van der Waals surface area (Å²) in [6.07, 6.45) is 4.04. The zero-order chi connectivity index (χ0) is 11.0. The third-order valence-corrected chi connectivity index (χ3v) is 4.82. The van der Waals surface area contributed by atoms with Gasteiger partial charge in [0, 0.05) is 25.2 Å². The number of rotatable bonds is 4. The molecule has 2 heterocycles. The summed E-state index contributed by atoms with van der Waals surface area (Å²) in [4.78, 5) is 2.66. The van der Waals surface area contributed by atoms with Crippen molar-refractivity contribution >= 4 is 22.9 Å². The molecular weight excluding hydrogens is 240 g/mol. The molecule has 1 saturated carbocycles. The van der Waals surface area contributed by atoms with Gasteiger partial charge < -0.3 is 5.32 Å². The monoisotopic (exact) mass is 256 g/mol. The molecule has 1 aliphatic heterocycles. The highest BCUT2D eigenvalue weighted by molar-refractivity contribution is 7.14. The van der Waals surface area contributed by atoms with E-state index in [4.69, 9.17) is 11.6 Å². The fraction of sp³-hybridized carbons (Fsp3) is 0.667. The summed E-state index contributed by atoms with van der Waals surface area (Å²) in [6.45, 7) is 3.36. The molecule has 88 valence electrons. The molecule has 3 rings (SSSR count). The SMILES string of the molecule is Clc1sccc1CN(C1CC1)C1CCNC1. The smallest absolute Gasteiger partial charge is 0.0973 e. The quantitative estimate of drug-likeness (QED) is 0.891. The first-order chi connectivity index (χ1) is 7.84. The molecule has 1 aromatic heterocycles. The van der Waals surface area contributed by atoms with Gasteiger partial charge in [0.1, 0.15) is 0 Å². The summed E-state index contributed by atoms with van der Waals surface area (Å²) in [5.41, 5.74) is 1.31. The summed E-state index contributed by atoms with van der Waals surface area (Å²) in [6, 6.07) is 3.72. The number of hydrogen-bond donors (Lipinski definition) is 1. The molecule has 2 nitrogen and oxygen atoms in total. The Bertz CT molecular complexity index is 356. The summed E-state index contributed by atoms with van der Waals surface area (Å²) in [5.74, 6) is 0. The van der Waals surface area contributed by atoms with Gasteiger partial charge in [-0.1, -0.05) is 11.6 Å². The minimum absolute atomic E-state index is 0.725. The zero-order valence-corrected chi connectivity index (χ0v) is 10.9. The van der Waals surface area contributed by atoms with Crippen molar-refractivity contribution in [3.63, 3.8) is 0 Å². The first kappa shape index (κ1) is 11.0. The Morgan fingerprint density at radius 3 is 2.81 bits per heavy atom. The molecule has 0 radical (unpaired) electrons. The van der Waals surface area contributed by atoms with E-state index in [2.05, 4.69) is 21.7 Å². The molecule has 2 aliphatic rings. The summed E-state index contributed by atoms with van der Waals surface area (Å²) in [5, 5.41) is 5.55. The molecule has 1 aliphatic carbocycles. The maximum Gasteiger partial charge on any atom is 0.0973 e. The molecule has 1 aromatic rings. The predicted molar refractivity (Wildman–Crippen MR) is 69.2 cm³/mol. The maximum atomic E-state index is 6.19. The van der Waals surface area contributed by atoms with Crippen LogP contribution >= 0.6 is 22.9 Å². The van der Waals surface area contributed by atoms with Crippen molar-refractivity contribution in [2.24, 2.45) is 0 Å². The van der Waals surface area contributed by atoms with Crippen molar-refractivity contribution in [1.29, 1.82) is 0 Å². The van der Waals surface area contributed by atoms with Crippen LogP contribution in [-0.4, -0.2) is 30.1 Å². The number of nitrogens with one attached hydrogen (secondary N) is 1. The van der Waals surface area contributed by atoms with Crippen LogP contribution in [0.15, 0.2) is 11.4 Å². The topological polar surface area (TPSA) is 15.3 Å². The first-order valence-electron chi connectivity index (χ1n) is 6.03. The highest BCUT2D eigenvalue weighted by atomic mass is 35.5. The minimum atomic E-state index is 0.725. The zero-order valence-electron chi connectivity index (χ0n) is 9.29. The Balaban J connectivity index is 1.71. The molecule has 1 N–H and O–H groups in total. The van der Waals surface area contributed by atoms with Gasteiger partial charge in [0.25, 0.3) is 0 Å². The Labute approximate surface area is 106 Å². The minimum Gasteiger partial charge on any atom is -0.315 e. The van der Waals surface area contributed by atoms with Crippen molar-refractivity contribution < 1.29 is 0 Å². The summed E-state index contributed by atoms with van der Waals surface area (Å²) >= 11 is 7.84. The Hall–Kier alpha value is -0.0900. The Kier molecular flexibility index (Phi) is 3.20. The van der Waals surface area contributed by atoms with Crippen LogP contribution in [0.2, 0.25) is 4.34 Å². The lowest BCUT2D eigenvalue weighted by Crippen LogP contribution is -2.38. The summed E-state index contributed by atoms with van der Waals surface area (Å²) in [7, 11) is 0. The van der Waals surface area contributed by atoms with E-state index >= 15 is 0 Å². The van der Waals surface area contributed by atoms with Crippen LogP contribution in [0.3, 0.4) is 0 Å². The molecular formula is C12H17ClN2S. The van der Waals surface area contributed by atoms with Crippen molar-refractivity contribution in [2.75, 3.05) is 13.1 Å². The van der Waals surface area contributed by atoms with Gasteiger partial charge in [-0.3, -0.25) is 4.90 Å². The summed E-state index contributed by atoms with van der Waals surface area (Å²) < 4.78 is 0.969. The number of halogens is 1. The van der Waals surface area contributed by atoms with E-state index in [9.17, 15) is 0 Å². The first-order valence-corrected chi connectivity index (χ1v) is 7.28. The highest BCUT2D eigenvalue weighted by Crippen LogP contribution is 2.33. The molecule has 1 atom stereocenters. The van der Waals surface area contributed by atoms with Crippen molar-refractivity contribution in [3.05, 3.63) is 21.3 Å². The van der Waals surface area contributed by atoms with Gasteiger partial charge in [-0.05, 0) is 42.8 Å². The van der Waals surface area contributed by atoms with Crippen LogP contribution in [0.1, 0.15) is 24.8 Å². The van der Waals surface area contributed by atoms with Gasteiger partial charge in [0.15, 0.2) is 0 Å². The van der Waals surface area contributed by atoms with Crippen LogP contribution in [0.5, 0.6) is 0 Å². The molecule has 2 fully saturated rings. The van der Waals surface area contributed by atoms with E-state index < -0.39 is 0 Å². The van der Waals surface area contributed by atoms with Crippen molar-refractivity contribution in [1.82, 2.24) is 10.2 Å². The van der Waals surface area contributed by atoms with E-state index in [-0.39, 0.29) is 0 Å². The van der Waals surface area contributed by atoms with Crippen LogP contribution in [-0.2, 0) is 6.54 Å². The molecule has 0 aromatic carbocycles. The molecule has 16 heavy (non-hydrogen) atoms. The largest absolute Gasteiger partial charge is 0.315 e. The molecule has 0 amide bonds. The number of nitrogens with zero attached hydrogens (tertiary/aromatic N) is 1.